The Morgan fingerprint density at radius 3 is 2.56 bits per heavy atom. The van der Waals surface area contributed by atoms with Crippen LogP contribution in [-0.2, 0) is 13.2 Å². The molecule has 3 nitrogen and oxygen atoms in total. The minimum Gasteiger partial charge on any atom is -0.488 e. The Morgan fingerprint density at radius 2 is 1.78 bits per heavy atom. The number of nitrogen functional groups attached to an aromatic ring is 1. The van der Waals surface area contributed by atoms with E-state index in [0.29, 0.717) is 16.9 Å². The van der Waals surface area contributed by atoms with Gasteiger partial charge in [-0.05, 0) is 12.1 Å². The zero-order chi connectivity index (χ0) is 13.0. The van der Waals surface area contributed by atoms with Gasteiger partial charge in [-0.15, -0.1) is 0 Å². The van der Waals surface area contributed by atoms with Crippen molar-refractivity contribution < 1.29 is 14.2 Å². The van der Waals surface area contributed by atoms with E-state index in [2.05, 4.69) is 0 Å². The van der Waals surface area contributed by atoms with Crippen LogP contribution in [-0.4, -0.2) is 5.11 Å². The third-order valence-corrected chi connectivity index (χ3v) is 2.63. The Morgan fingerprint density at radius 1 is 1.06 bits per heavy atom. The molecule has 0 aromatic heterocycles. The van der Waals surface area contributed by atoms with E-state index in [0.717, 1.165) is 0 Å². The van der Waals surface area contributed by atoms with Gasteiger partial charge in [-0.3, -0.25) is 0 Å². The first-order chi connectivity index (χ1) is 8.72. The molecule has 0 aliphatic rings. The molecule has 4 heteroatoms. The maximum Gasteiger partial charge on any atom is 0.152 e. The minimum atomic E-state index is -0.459. The van der Waals surface area contributed by atoms with E-state index in [1.54, 1.807) is 36.4 Å². The number of hydrogen-bond acceptors (Lipinski definition) is 3. The van der Waals surface area contributed by atoms with Gasteiger partial charge in [0.05, 0.1) is 12.3 Å². The standard InChI is InChI=1S/C14H14FNO2/c15-14-11(5-3-6-12(14)16)9-18-13-7-2-1-4-10(13)8-17/h1-7,17H,8-9,16H2. The van der Waals surface area contributed by atoms with Crippen LogP contribution < -0.4 is 10.5 Å². The predicted molar refractivity (Wildman–Crippen MR) is 67.5 cm³/mol. The summed E-state index contributed by atoms with van der Waals surface area (Å²) in [6, 6.07) is 11.9. The second-order valence-electron chi connectivity index (χ2n) is 3.87. The molecule has 0 atom stereocenters. The number of halogens is 1. The molecule has 0 saturated carbocycles. The van der Waals surface area contributed by atoms with Gasteiger partial charge in [-0.2, -0.15) is 0 Å². The molecule has 18 heavy (non-hydrogen) atoms. The summed E-state index contributed by atoms with van der Waals surface area (Å²) < 4.78 is 19.1. The first-order valence-electron chi connectivity index (χ1n) is 5.57. The van der Waals surface area contributed by atoms with Crippen molar-refractivity contribution in [2.45, 2.75) is 13.2 Å². The fourth-order valence-corrected chi connectivity index (χ4v) is 1.64. The lowest BCUT2D eigenvalue weighted by Gasteiger charge is -2.11. The van der Waals surface area contributed by atoms with Gasteiger partial charge in [0.2, 0.25) is 0 Å². The quantitative estimate of drug-likeness (QED) is 0.816. The third kappa shape index (κ3) is 2.60. The Balaban J connectivity index is 2.14. The van der Waals surface area contributed by atoms with Crippen LogP contribution in [0, 0.1) is 5.82 Å². The third-order valence-electron chi connectivity index (χ3n) is 2.63. The van der Waals surface area contributed by atoms with Crippen LogP contribution in [0.5, 0.6) is 5.75 Å². The van der Waals surface area contributed by atoms with Gasteiger partial charge in [0.25, 0.3) is 0 Å². The molecule has 0 bridgehead atoms. The van der Waals surface area contributed by atoms with Crippen LogP contribution in [0.3, 0.4) is 0 Å². The average molecular weight is 247 g/mol. The smallest absolute Gasteiger partial charge is 0.152 e. The van der Waals surface area contributed by atoms with Crippen LogP contribution >= 0.6 is 0 Å². The van der Waals surface area contributed by atoms with E-state index < -0.39 is 5.82 Å². The first-order valence-corrected chi connectivity index (χ1v) is 5.57. The fraction of sp³-hybridized carbons (Fsp3) is 0.143. The number of benzene rings is 2. The molecule has 0 aliphatic carbocycles. The van der Waals surface area contributed by atoms with Crippen molar-refractivity contribution in [3.63, 3.8) is 0 Å². The molecular formula is C14H14FNO2. The lowest BCUT2D eigenvalue weighted by atomic mass is 10.2. The van der Waals surface area contributed by atoms with Crippen LogP contribution in [0.2, 0.25) is 0 Å². The van der Waals surface area contributed by atoms with Crippen LogP contribution in [0.25, 0.3) is 0 Å². The fourth-order valence-electron chi connectivity index (χ4n) is 1.64. The second kappa shape index (κ2) is 5.51. The van der Waals surface area contributed by atoms with E-state index in [-0.39, 0.29) is 18.9 Å². The second-order valence-corrected chi connectivity index (χ2v) is 3.87. The Kier molecular flexibility index (Phi) is 3.79. The normalized spacial score (nSPS) is 10.3. The highest BCUT2D eigenvalue weighted by atomic mass is 19.1. The van der Waals surface area contributed by atoms with Crippen molar-refractivity contribution in [2.75, 3.05) is 5.73 Å². The van der Waals surface area contributed by atoms with Crippen molar-refractivity contribution in [3.05, 3.63) is 59.4 Å². The van der Waals surface area contributed by atoms with Crippen molar-refractivity contribution in [1.29, 1.82) is 0 Å². The zero-order valence-corrected chi connectivity index (χ0v) is 9.77. The van der Waals surface area contributed by atoms with Gasteiger partial charge in [0.1, 0.15) is 12.4 Å². The molecule has 0 amide bonds. The molecule has 0 fully saturated rings. The molecule has 0 unspecified atom stereocenters. The van der Waals surface area contributed by atoms with E-state index >= 15 is 0 Å². The molecule has 94 valence electrons. The minimum absolute atomic E-state index is 0.0773. The summed E-state index contributed by atoms with van der Waals surface area (Å²) in [4.78, 5) is 0. The molecular weight excluding hydrogens is 233 g/mol. The summed E-state index contributed by atoms with van der Waals surface area (Å²) in [6.45, 7) is -0.0382. The lowest BCUT2D eigenvalue weighted by molar-refractivity contribution is 0.257. The predicted octanol–water partition coefficient (Wildman–Crippen LogP) is 2.48. The number of rotatable bonds is 4. The Labute approximate surface area is 105 Å². The molecule has 0 spiro atoms. The highest BCUT2D eigenvalue weighted by Gasteiger charge is 2.07. The highest BCUT2D eigenvalue weighted by Crippen LogP contribution is 2.21. The summed E-state index contributed by atoms with van der Waals surface area (Å²) in [6.07, 6.45) is 0. The number of ether oxygens (including phenoxy) is 1. The van der Waals surface area contributed by atoms with Gasteiger partial charge in [0.15, 0.2) is 5.82 Å². The number of para-hydroxylation sites is 1. The molecule has 2 rings (SSSR count). The number of nitrogens with two attached hydrogens (primary N) is 1. The molecule has 3 N–H and O–H groups in total. The van der Waals surface area contributed by atoms with Gasteiger partial charge in [0, 0.05) is 11.1 Å². The number of anilines is 1. The van der Waals surface area contributed by atoms with Crippen molar-refractivity contribution >= 4 is 5.69 Å². The summed E-state index contributed by atoms with van der Waals surface area (Å²) in [5.74, 6) is 0.0841. The first kappa shape index (κ1) is 12.4. The van der Waals surface area contributed by atoms with Crippen molar-refractivity contribution in [2.24, 2.45) is 0 Å². The van der Waals surface area contributed by atoms with Crippen molar-refractivity contribution in [3.8, 4) is 5.75 Å². The summed E-state index contributed by atoms with van der Waals surface area (Å²) in [5.41, 5.74) is 6.64. The van der Waals surface area contributed by atoms with Crippen LogP contribution in [0.15, 0.2) is 42.5 Å². The maximum atomic E-state index is 13.6. The molecule has 0 radical (unpaired) electrons. The molecule has 0 saturated heterocycles. The summed E-state index contributed by atoms with van der Waals surface area (Å²) in [7, 11) is 0. The monoisotopic (exact) mass is 247 g/mol. The van der Waals surface area contributed by atoms with Gasteiger partial charge >= 0.3 is 0 Å². The van der Waals surface area contributed by atoms with Crippen molar-refractivity contribution in [1.82, 2.24) is 0 Å². The molecule has 2 aromatic rings. The van der Waals surface area contributed by atoms with E-state index in [9.17, 15) is 4.39 Å². The number of aliphatic hydroxyl groups is 1. The van der Waals surface area contributed by atoms with E-state index in [1.807, 2.05) is 0 Å². The van der Waals surface area contributed by atoms with E-state index in [4.69, 9.17) is 15.6 Å². The molecule has 2 aromatic carbocycles. The summed E-state index contributed by atoms with van der Waals surface area (Å²) >= 11 is 0. The molecule has 0 aliphatic heterocycles. The number of aliphatic hydroxyl groups excluding tert-OH is 1. The average Bonchev–Trinajstić information content (AvgIpc) is 2.41. The Hall–Kier alpha value is -2.07. The Bertz CT molecular complexity index is 543. The zero-order valence-electron chi connectivity index (χ0n) is 9.77. The number of hydrogen-bond donors (Lipinski definition) is 2. The molecule has 0 heterocycles. The highest BCUT2D eigenvalue weighted by molar-refractivity contribution is 5.43. The van der Waals surface area contributed by atoms with Gasteiger partial charge in [-0.1, -0.05) is 30.3 Å². The van der Waals surface area contributed by atoms with Crippen LogP contribution in [0.4, 0.5) is 10.1 Å². The lowest BCUT2D eigenvalue weighted by Crippen LogP contribution is -2.02. The van der Waals surface area contributed by atoms with Crippen LogP contribution in [0.1, 0.15) is 11.1 Å². The largest absolute Gasteiger partial charge is 0.488 e. The van der Waals surface area contributed by atoms with Gasteiger partial charge < -0.3 is 15.6 Å². The maximum absolute atomic E-state index is 13.6. The summed E-state index contributed by atoms with van der Waals surface area (Å²) in [5, 5.41) is 9.14. The SMILES string of the molecule is Nc1cccc(COc2ccccc2CO)c1F. The van der Waals surface area contributed by atoms with Gasteiger partial charge in [-0.25, -0.2) is 4.39 Å². The topological polar surface area (TPSA) is 55.5 Å². The van der Waals surface area contributed by atoms with E-state index in [1.165, 1.54) is 6.07 Å².